The molecule has 33 heavy (non-hydrogen) atoms. The van der Waals surface area contributed by atoms with E-state index in [2.05, 4.69) is 0 Å². The first-order valence-electron chi connectivity index (χ1n) is 11.4. The number of rotatable bonds is 8. The molecule has 2 aromatic rings. The Morgan fingerprint density at radius 1 is 0.879 bits per heavy atom. The summed E-state index contributed by atoms with van der Waals surface area (Å²) >= 11 is 0. The molecule has 178 valence electrons. The molecule has 1 amide bonds. The van der Waals surface area contributed by atoms with Gasteiger partial charge in [-0.25, -0.2) is 16.8 Å². The van der Waals surface area contributed by atoms with Crippen molar-refractivity contribution >= 4 is 31.5 Å². The van der Waals surface area contributed by atoms with Crippen LogP contribution in [0.5, 0.6) is 0 Å². The van der Waals surface area contributed by atoms with Crippen LogP contribution in [-0.2, 0) is 37.5 Å². The Hall–Kier alpha value is -2.23. The van der Waals surface area contributed by atoms with Gasteiger partial charge in [-0.1, -0.05) is 36.8 Å². The van der Waals surface area contributed by atoms with Gasteiger partial charge in [0.1, 0.15) is 5.75 Å². The molecule has 0 radical (unpaired) electrons. The Kier molecular flexibility index (Phi) is 7.21. The first kappa shape index (κ1) is 23.9. The SMILES string of the molecule is O=C(CS(=O)(=O)CCCc1ccccc1)N1CCc2cc(S(=O)(=O)N3CCCCC3)ccc21. The summed E-state index contributed by atoms with van der Waals surface area (Å²) in [5, 5.41) is 0. The second-order valence-electron chi connectivity index (χ2n) is 8.73. The summed E-state index contributed by atoms with van der Waals surface area (Å²) < 4.78 is 52.5. The fourth-order valence-corrected chi connectivity index (χ4v) is 7.36. The highest BCUT2D eigenvalue weighted by Gasteiger charge is 2.31. The molecule has 9 heteroatoms. The Morgan fingerprint density at radius 3 is 2.33 bits per heavy atom. The van der Waals surface area contributed by atoms with E-state index in [1.807, 2.05) is 30.3 Å². The normalized spacial score (nSPS) is 17.2. The van der Waals surface area contributed by atoms with Crippen LogP contribution in [0, 0.1) is 0 Å². The van der Waals surface area contributed by atoms with Crippen LogP contribution in [0.25, 0.3) is 0 Å². The van der Waals surface area contributed by atoms with Crippen molar-refractivity contribution in [3.05, 3.63) is 59.7 Å². The quantitative estimate of drug-likeness (QED) is 0.567. The standard InChI is InChI=1S/C24H30N2O5S2/c27-24(19-32(28,29)17-7-10-20-8-3-1-4-9-20)26-16-13-21-18-22(11-12-23(21)26)33(30,31)25-14-5-2-6-15-25/h1,3-4,8-9,11-12,18H,2,5-7,10,13-17,19H2. The monoisotopic (exact) mass is 490 g/mol. The maximum atomic E-state index is 13.0. The van der Waals surface area contributed by atoms with Crippen LogP contribution >= 0.6 is 0 Å². The fraction of sp³-hybridized carbons (Fsp3) is 0.458. The number of fused-ring (bicyclic) bond motifs is 1. The minimum absolute atomic E-state index is 0.0403. The number of sulfone groups is 1. The van der Waals surface area contributed by atoms with Crippen molar-refractivity contribution in [1.29, 1.82) is 0 Å². The smallest absolute Gasteiger partial charge is 0.243 e. The summed E-state index contributed by atoms with van der Waals surface area (Å²) in [7, 11) is -7.08. The van der Waals surface area contributed by atoms with Gasteiger partial charge >= 0.3 is 0 Å². The van der Waals surface area contributed by atoms with Crippen molar-refractivity contribution in [2.75, 3.05) is 36.0 Å². The van der Waals surface area contributed by atoms with Gasteiger partial charge in [-0.05, 0) is 61.4 Å². The Bertz CT molecular complexity index is 1200. The minimum atomic E-state index is -3.55. The first-order chi connectivity index (χ1) is 15.8. The predicted octanol–water partition coefficient (Wildman–Crippen LogP) is 2.80. The molecule has 4 rings (SSSR count). The zero-order valence-corrected chi connectivity index (χ0v) is 20.3. The molecule has 0 aromatic heterocycles. The number of aryl methyl sites for hydroxylation is 1. The van der Waals surface area contributed by atoms with Crippen LogP contribution in [0.3, 0.4) is 0 Å². The number of piperidine rings is 1. The van der Waals surface area contributed by atoms with Crippen molar-refractivity contribution in [1.82, 2.24) is 4.31 Å². The van der Waals surface area contributed by atoms with Gasteiger partial charge in [-0.15, -0.1) is 0 Å². The van der Waals surface area contributed by atoms with Crippen LogP contribution in [0.15, 0.2) is 53.4 Å². The molecule has 1 saturated heterocycles. The van der Waals surface area contributed by atoms with Gasteiger partial charge in [-0.3, -0.25) is 4.79 Å². The summed E-state index contributed by atoms with van der Waals surface area (Å²) in [5.74, 6) is -1.03. The number of carbonyl (C=O) groups excluding carboxylic acids is 1. The zero-order chi connectivity index (χ0) is 23.5. The summed E-state index contributed by atoms with van der Waals surface area (Å²) in [6.45, 7) is 1.43. The number of hydrogen-bond donors (Lipinski definition) is 0. The molecule has 0 N–H and O–H groups in total. The van der Waals surface area contributed by atoms with Crippen LogP contribution in [-0.4, -0.2) is 58.2 Å². The molecule has 7 nitrogen and oxygen atoms in total. The van der Waals surface area contributed by atoms with Crippen molar-refractivity contribution in [2.45, 2.75) is 43.4 Å². The Labute approximate surface area is 196 Å². The van der Waals surface area contributed by atoms with Crippen molar-refractivity contribution < 1.29 is 21.6 Å². The second kappa shape index (κ2) is 9.95. The average molecular weight is 491 g/mol. The molecule has 0 atom stereocenters. The van der Waals surface area contributed by atoms with Crippen molar-refractivity contribution in [3.8, 4) is 0 Å². The number of nitrogens with zero attached hydrogens (tertiary/aromatic N) is 2. The third-order valence-electron chi connectivity index (χ3n) is 6.31. The summed E-state index contributed by atoms with van der Waals surface area (Å²) in [4.78, 5) is 14.5. The van der Waals surface area contributed by atoms with E-state index in [4.69, 9.17) is 0 Å². The van der Waals surface area contributed by atoms with E-state index in [9.17, 15) is 21.6 Å². The van der Waals surface area contributed by atoms with Crippen LogP contribution in [0.2, 0.25) is 0 Å². The van der Waals surface area contributed by atoms with E-state index in [1.54, 1.807) is 12.1 Å². The zero-order valence-electron chi connectivity index (χ0n) is 18.6. The van der Waals surface area contributed by atoms with E-state index in [0.29, 0.717) is 44.6 Å². The molecule has 0 spiro atoms. The first-order valence-corrected chi connectivity index (χ1v) is 14.7. The van der Waals surface area contributed by atoms with Crippen molar-refractivity contribution in [3.63, 3.8) is 0 Å². The molecule has 2 aliphatic rings. The number of hydrogen-bond acceptors (Lipinski definition) is 5. The summed E-state index contributed by atoms with van der Waals surface area (Å²) in [6.07, 6.45) is 4.41. The van der Waals surface area contributed by atoms with Gasteiger partial charge in [0.2, 0.25) is 15.9 Å². The maximum absolute atomic E-state index is 13.0. The topological polar surface area (TPSA) is 91.8 Å². The third-order valence-corrected chi connectivity index (χ3v) is 9.80. The van der Waals surface area contributed by atoms with Gasteiger partial charge in [0, 0.05) is 25.3 Å². The molecule has 0 unspecified atom stereocenters. The predicted molar refractivity (Wildman–Crippen MR) is 129 cm³/mol. The Balaban J connectivity index is 1.39. The van der Waals surface area contributed by atoms with Crippen LogP contribution in [0.1, 0.15) is 36.8 Å². The van der Waals surface area contributed by atoms with Crippen molar-refractivity contribution in [2.24, 2.45) is 0 Å². The van der Waals surface area contributed by atoms with Gasteiger partial charge in [0.05, 0.1) is 10.6 Å². The number of anilines is 1. The van der Waals surface area contributed by atoms with E-state index in [-0.39, 0.29) is 10.6 Å². The molecule has 2 aliphatic heterocycles. The molecule has 1 fully saturated rings. The lowest BCUT2D eigenvalue weighted by atomic mass is 10.1. The van der Waals surface area contributed by atoms with Gasteiger partial charge in [0.15, 0.2) is 9.84 Å². The van der Waals surface area contributed by atoms with Gasteiger partial charge in [-0.2, -0.15) is 4.31 Å². The third kappa shape index (κ3) is 5.65. The number of benzene rings is 2. The average Bonchev–Trinajstić information content (AvgIpc) is 3.23. The van der Waals surface area contributed by atoms with E-state index in [0.717, 1.165) is 30.4 Å². The molecular weight excluding hydrogens is 460 g/mol. The molecule has 2 heterocycles. The van der Waals surface area contributed by atoms with Crippen LogP contribution in [0.4, 0.5) is 5.69 Å². The van der Waals surface area contributed by atoms with E-state index < -0.39 is 31.5 Å². The van der Waals surface area contributed by atoms with Gasteiger partial charge in [0.25, 0.3) is 0 Å². The molecular formula is C24H30N2O5S2. The summed E-state index contributed by atoms with van der Waals surface area (Å²) in [5.41, 5.74) is 2.45. The maximum Gasteiger partial charge on any atom is 0.243 e. The number of sulfonamides is 1. The van der Waals surface area contributed by atoms with E-state index in [1.165, 1.54) is 15.3 Å². The molecule has 2 aromatic carbocycles. The lowest BCUT2D eigenvalue weighted by Crippen LogP contribution is -2.36. The molecule has 0 aliphatic carbocycles. The number of amides is 1. The van der Waals surface area contributed by atoms with Gasteiger partial charge < -0.3 is 4.90 Å². The largest absolute Gasteiger partial charge is 0.311 e. The number of carbonyl (C=O) groups is 1. The van der Waals surface area contributed by atoms with E-state index >= 15 is 0 Å². The molecule has 0 bridgehead atoms. The lowest BCUT2D eigenvalue weighted by Gasteiger charge is -2.26. The second-order valence-corrected chi connectivity index (χ2v) is 12.9. The highest BCUT2D eigenvalue weighted by molar-refractivity contribution is 7.92. The summed E-state index contributed by atoms with van der Waals surface area (Å²) in [6, 6.07) is 14.5. The lowest BCUT2D eigenvalue weighted by molar-refractivity contribution is -0.116. The van der Waals surface area contributed by atoms with Crippen LogP contribution < -0.4 is 4.90 Å². The Morgan fingerprint density at radius 2 is 1.61 bits per heavy atom. The highest BCUT2D eigenvalue weighted by atomic mass is 32.2. The molecule has 0 saturated carbocycles. The fourth-order valence-electron chi connectivity index (χ4n) is 4.53. The minimum Gasteiger partial charge on any atom is -0.311 e. The highest BCUT2D eigenvalue weighted by Crippen LogP contribution is 2.32.